The number of para-hydroxylation sites is 1. The number of hydrogen-bond acceptors (Lipinski definition) is 4. The van der Waals surface area contributed by atoms with Crippen molar-refractivity contribution >= 4 is 11.9 Å². The quantitative estimate of drug-likeness (QED) is 0.636. The summed E-state index contributed by atoms with van der Waals surface area (Å²) < 4.78 is 0. The zero-order chi connectivity index (χ0) is 15.6. The lowest BCUT2D eigenvalue weighted by Crippen LogP contribution is -2.56. The molecule has 6 heteroatoms. The molecule has 1 aliphatic rings. The third-order valence-electron chi connectivity index (χ3n) is 4.15. The van der Waals surface area contributed by atoms with Crippen molar-refractivity contribution in [2.45, 2.75) is 38.1 Å². The fourth-order valence-electron chi connectivity index (χ4n) is 2.65. The first-order chi connectivity index (χ1) is 9.85. The average Bonchev–Trinajstić information content (AvgIpc) is 2.44. The van der Waals surface area contributed by atoms with Crippen molar-refractivity contribution in [1.29, 1.82) is 0 Å². The van der Waals surface area contributed by atoms with E-state index >= 15 is 0 Å². The van der Waals surface area contributed by atoms with Gasteiger partial charge in [-0.15, -0.1) is 0 Å². The Labute approximate surface area is 122 Å². The van der Waals surface area contributed by atoms with E-state index in [4.69, 9.17) is 0 Å². The molecule has 1 amide bonds. The zero-order valence-electron chi connectivity index (χ0n) is 11.8. The summed E-state index contributed by atoms with van der Waals surface area (Å²) in [5, 5.41) is 31.1. The van der Waals surface area contributed by atoms with Crippen molar-refractivity contribution in [2.24, 2.45) is 5.92 Å². The van der Waals surface area contributed by atoms with E-state index in [2.05, 4.69) is 12.2 Å². The number of carboxylic acid groups (broad SMARTS) is 1. The Bertz CT molecular complexity index is 561. The van der Waals surface area contributed by atoms with Crippen LogP contribution in [0.5, 0.6) is 11.5 Å². The molecule has 1 fully saturated rings. The number of carbonyl (C=O) groups is 2. The molecule has 1 aromatic rings. The summed E-state index contributed by atoms with van der Waals surface area (Å²) in [6.45, 7) is 2.05. The average molecular weight is 293 g/mol. The van der Waals surface area contributed by atoms with Crippen LogP contribution in [0.25, 0.3) is 0 Å². The molecule has 0 spiro atoms. The molecule has 0 radical (unpaired) electrons. The zero-order valence-corrected chi connectivity index (χ0v) is 11.8. The maximum absolute atomic E-state index is 12.2. The van der Waals surface area contributed by atoms with Gasteiger partial charge in [-0.25, -0.2) is 4.79 Å². The fourth-order valence-corrected chi connectivity index (χ4v) is 2.65. The number of amides is 1. The third kappa shape index (κ3) is 2.94. The highest BCUT2D eigenvalue weighted by Crippen LogP contribution is 2.34. The lowest BCUT2D eigenvalue weighted by Gasteiger charge is -2.36. The molecule has 2 rings (SSSR count). The van der Waals surface area contributed by atoms with Crippen molar-refractivity contribution in [3.05, 3.63) is 23.8 Å². The maximum atomic E-state index is 12.2. The highest BCUT2D eigenvalue weighted by Gasteiger charge is 2.42. The molecule has 0 aliphatic heterocycles. The van der Waals surface area contributed by atoms with E-state index in [-0.39, 0.29) is 5.56 Å². The van der Waals surface area contributed by atoms with E-state index in [1.807, 2.05) is 0 Å². The molecule has 0 unspecified atom stereocenters. The molecule has 1 saturated carbocycles. The van der Waals surface area contributed by atoms with Gasteiger partial charge < -0.3 is 20.6 Å². The minimum atomic E-state index is -1.30. The summed E-state index contributed by atoms with van der Waals surface area (Å²) in [6, 6.07) is 4.01. The van der Waals surface area contributed by atoms with Gasteiger partial charge in [0.1, 0.15) is 5.54 Å². The van der Waals surface area contributed by atoms with Crippen LogP contribution in [0.4, 0.5) is 0 Å². The molecule has 6 nitrogen and oxygen atoms in total. The number of phenols is 2. The molecule has 1 aromatic carbocycles. The summed E-state index contributed by atoms with van der Waals surface area (Å²) >= 11 is 0. The van der Waals surface area contributed by atoms with Crippen molar-refractivity contribution < 1.29 is 24.9 Å². The van der Waals surface area contributed by atoms with Gasteiger partial charge in [-0.1, -0.05) is 13.0 Å². The van der Waals surface area contributed by atoms with Gasteiger partial charge in [-0.3, -0.25) is 4.79 Å². The minimum absolute atomic E-state index is 0.130. The van der Waals surface area contributed by atoms with Gasteiger partial charge in [0.2, 0.25) is 0 Å². The summed E-state index contributed by atoms with van der Waals surface area (Å²) in [7, 11) is 0. The Balaban J connectivity index is 2.23. The number of phenolic OH excluding ortho intramolecular Hbond substituents is 2. The summed E-state index contributed by atoms with van der Waals surface area (Å²) in [4.78, 5) is 23.8. The van der Waals surface area contributed by atoms with Crippen LogP contribution >= 0.6 is 0 Å². The topological polar surface area (TPSA) is 107 Å². The second kappa shape index (κ2) is 5.63. The van der Waals surface area contributed by atoms with E-state index in [0.717, 1.165) is 12.8 Å². The van der Waals surface area contributed by atoms with Crippen LogP contribution in [-0.4, -0.2) is 32.7 Å². The Kier molecular flexibility index (Phi) is 4.06. The van der Waals surface area contributed by atoms with Crippen LogP contribution in [-0.2, 0) is 4.79 Å². The Hall–Kier alpha value is -2.24. The Morgan fingerprint density at radius 2 is 1.86 bits per heavy atom. The number of aromatic hydroxyl groups is 2. The Morgan fingerprint density at radius 1 is 1.24 bits per heavy atom. The molecule has 4 N–H and O–H groups in total. The van der Waals surface area contributed by atoms with Gasteiger partial charge in [0, 0.05) is 0 Å². The molecule has 0 atom stereocenters. The fraction of sp³-hybridized carbons (Fsp3) is 0.467. The third-order valence-corrected chi connectivity index (χ3v) is 4.15. The number of carboxylic acids is 1. The largest absolute Gasteiger partial charge is 0.504 e. The van der Waals surface area contributed by atoms with Crippen molar-refractivity contribution in [3.63, 3.8) is 0 Å². The summed E-state index contributed by atoms with van der Waals surface area (Å²) in [5.74, 6) is -2.28. The van der Waals surface area contributed by atoms with Crippen LogP contribution in [0.2, 0.25) is 0 Å². The van der Waals surface area contributed by atoms with Gasteiger partial charge in [0.05, 0.1) is 5.56 Å². The molecule has 21 heavy (non-hydrogen) atoms. The second-order valence-corrected chi connectivity index (χ2v) is 5.70. The predicted octanol–water partition coefficient (Wildman–Crippen LogP) is 1.86. The molecule has 0 saturated heterocycles. The lowest BCUT2D eigenvalue weighted by molar-refractivity contribution is -0.146. The van der Waals surface area contributed by atoms with Crippen molar-refractivity contribution in [3.8, 4) is 11.5 Å². The first-order valence-corrected chi connectivity index (χ1v) is 6.92. The van der Waals surface area contributed by atoms with Crippen LogP contribution in [0.1, 0.15) is 43.0 Å². The standard InChI is InChI=1S/C15H19NO5/c1-9-5-7-15(8-6-9,14(20)21)16-13(19)10-3-2-4-11(17)12(10)18/h2-4,9,17-18H,5-8H2,1H3,(H,16,19)(H,20,21). The smallest absolute Gasteiger partial charge is 0.329 e. The minimum Gasteiger partial charge on any atom is -0.504 e. The van der Waals surface area contributed by atoms with Crippen LogP contribution in [0.3, 0.4) is 0 Å². The van der Waals surface area contributed by atoms with E-state index in [9.17, 15) is 24.9 Å². The van der Waals surface area contributed by atoms with Gasteiger partial charge in [-0.2, -0.15) is 0 Å². The second-order valence-electron chi connectivity index (χ2n) is 5.70. The van der Waals surface area contributed by atoms with E-state index in [0.29, 0.717) is 18.8 Å². The van der Waals surface area contributed by atoms with E-state index in [1.54, 1.807) is 0 Å². The van der Waals surface area contributed by atoms with E-state index < -0.39 is 28.9 Å². The van der Waals surface area contributed by atoms with Gasteiger partial charge in [0.15, 0.2) is 11.5 Å². The lowest BCUT2D eigenvalue weighted by atomic mass is 9.77. The summed E-state index contributed by atoms with van der Waals surface area (Å²) in [6.07, 6.45) is 2.15. The number of hydrogen-bond donors (Lipinski definition) is 4. The predicted molar refractivity (Wildman–Crippen MR) is 75.2 cm³/mol. The molecular weight excluding hydrogens is 274 g/mol. The number of rotatable bonds is 3. The maximum Gasteiger partial charge on any atom is 0.329 e. The van der Waals surface area contributed by atoms with Gasteiger partial charge in [-0.05, 0) is 43.7 Å². The highest BCUT2D eigenvalue weighted by atomic mass is 16.4. The number of benzene rings is 1. The number of nitrogens with one attached hydrogen (secondary N) is 1. The number of carbonyl (C=O) groups excluding carboxylic acids is 1. The molecule has 0 heterocycles. The molecule has 114 valence electrons. The monoisotopic (exact) mass is 293 g/mol. The van der Waals surface area contributed by atoms with Crippen LogP contribution in [0, 0.1) is 5.92 Å². The molecular formula is C15H19NO5. The van der Waals surface area contributed by atoms with Crippen LogP contribution in [0.15, 0.2) is 18.2 Å². The first-order valence-electron chi connectivity index (χ1n) is 6.92. The van der Waals surface area contributed by atoms with Gasteiger partial charge in [0.25, 0.3) is 5.91 Å². The van der Waals surface area contributed by atoms with Crippen molar-refractivity contribution in [2.75, 3.05) is 0 Å². The summed E-state index contributed by atoms with van der Waals surface area (Å²) in [5.41, 5.74) is -1.43. The van der Waals surface area contributed by atoms with Crippen LogP contribution < -0.4 is 5.32 Å². The van der Waals surface area contributed by atoms with E-state index in [1.165, 1.54) is 18.2 Å². The number of aliphatic carboxylic acids is 1. The van der Waals surface area contributed by atoms with Crippen molar-refractivity contribution in [1.82, 2.24) is 5.32 Å². The van der Waals surface area contributed by atoms with Gasteiger partial charge >= 0.3 is 5.97 Å². The molecule has 1 aliphatic carbocycles. The molecule has 0 aromatic heterocycles. The normalized spacial score (nSPS) is 25.3. The highest BCUT2D eigenvalue weighted by molar-refractivity contribution is 6.00. The SMILES string of the molecule is CC1CCC(NC(=O)c2cccc(O)c2O)(C(=O)O)CC1. The molecule has 0 bridgehead atoms. The first kappa shape index (κ1) is 15.2. The Morgan fingerprint density at radius 3 is 2.43 bits per heavy atom.